The molecule has 1 N–H and O–H groups in total. The summed E-state index contributed by atoms with van der Waals surface area (Å²) in [7, 11) is 1.63. The van der Waals surface area contributed by atoms with Gasteiger partial charge in [0.15, 0.2) is 23.3 Å². The maximum absolute atomic E-state index is 14.1. The summed E-state index contributed by atoms with van der Waals surface area (Å²) in [5.74, 6) is -0.630. The maximum Gasteiger partial charge on any atom is 0.197 e. The number of hydrogen-bond donors (Lipinski definition) is 1. The van der Waals surface area contributed by atoms with E-state index >= 15 is 0 Å². The van der Waals surface area contributed by atoms with Crippen LogP contribution in [0.5, 0.6) is 0 Å². The Labute approximate surface area is 160 Å². The molecule has 144 valence electrons. The molecule has 1 saturated carbocycles. The Bertz CT molecular complexity index is 968. The number of anilines is 1. The Balaban J connectivity index is 1.54. The molecule has 2 heterocycles. The zero-order chi connectivity index (χ0) is 19.7. The van der Waals surface area contributed by atoms with Crippen LogP contribution in [0.4, 0.5) is 14.5 Å². The summed E-state index contributed by atoms with van der Waals surface area (Å²) < 4.78 is 28.2. The predicted octanol–water partition coefficient (Wildman–Crippen LogP) is 2.91. The summed E-state index contributed by atoms with van der Waals surface area (Å²) in [6, 6.07) is 4.63. The van der Waals surface area contributed by atoms with E-state index in [-0.39, 0.29) is 30.7 Å². The molecule has 28 heavy (non-hydrogen) atoms. The smallest absolute Gasteiger partial charge is 0.197 e. The Kier molecular flexibility index (Phi) is 4.95. The van der Waals surface area contributed by atoms with E-state index in [4.69, 9.17) is 5.11 Å². The molecule has 0 radical (unpaired) electrons. The van der Waals surface area contributed by atoms with Crippen molar-refractivity contribution in [3.63, 3.8) is 0 Å². The minimum Gasteiger partial charge on any atom is -0.395 e. The van der Waals surface area contributed by atoms with Gasteiger partial charge in [0.2, 0.25) is 0 Å². The van der Waals surface area contributed by atoms with Crippen LogP contribution in [-0.4, -0.2) is 45.2 Å². The summed E-state index contributed by atoms with van der Waals surface area (Å²) in [6.45, 7) is 0.0907. The predicted molar refractivity (Wildman–Crippen MR) is 99.9 cm³/mol. The van der Waals surface area contributed by atoms with Crippen molar-refractivity contribution in [2.75, 3.05) is 25.1 Å². The van der Waals surface area contributed by atoms with Gasteiger partial charge in [0.05, 0.1) is 12.3 Å². The molecular weight excluding hydrogens is 364 g/mol. The number of aliphatic hydroxyl groups excluding tert-OH is 1. The molecule has 0 aliphatic heterocycles. The number of aliphatic hydroxyl groups is 1. The second-order valence-electron chi connectivity index (χ2n) is 6.84. The number of nitrogens with zero attached hydrogens (tertiary/aromatic N) is 5. The highest BCUT2D eigenvalue weighted by Gasteiger charge is 2.40. The van der Waals surface area contributed by atoms with Gasteiger partial charge in [-0.15, -0.1) is 0 Å². The third-order valence-electron chi connectivity index (χ3n) is 4.96. The van der Waals surface area contributed by atoms with E-state index in [9.17, 15) is 8.78 Å². The van der Waals surface area contributed by atoms with Crippen LogP contribution in [0, 0.1) is 11.6 Å². The van der Waals surface area contributed by atoms with Gasteiger partial charge < -0.3 is 10.0 Å². The van der Waals surface area contributed by atoms with Crippen LogP contribution >= 0.6 is 0 Å². The molecule has 1 aliphatic carbocycles. The van der Waals surface area contributed by atoms with Crippen LogP contribution in [0.15, 0.2) is 43.0 Å². The van der Waals surface area contributed by atoms with E-state index in [1.54, 1.807) is 44.0 Å². The van der Waals surface area contributed by atoms with Crippen molar-refractivity contribution < 1.29 is 13.9 Å². The fraction of sp³-hybridized carbons (Fsp3) is 0.300. The molecule has 0 amide bonds. The van der Waals surface area contributed by atoms with Crippen molar-refractivity contribution in [1.82, 2.24) is 19.9 Å². The highest BCUT2D eigenvalue weighted by atomic mass is 19.2. The summed E-state index contributed by atoms with van der Waals surface area (Å²) >= 11 is 0. The highest BCUT2D eigenvalue weighted by Crippen LogP contribution is 2.55. The molecule has 1 aliphatic rings. The zero-order valence-corrected chi connectivity index (χ0v) is 15.3. The van der Waals surface area contributed by atoms with Crippen LogP contribution in [0.3, 0.4) is 0 Å². The summed E-state index contributed by atoms with van der Waals surface area (Å²) in [6.07, 6.45) is 7.55. The number of halogens is 2. The van der Waals surface area contributed by atoms with Crippen molar-refractivity contribution in [3.8, 4) is 11.6 Å². The van der Waals surface area contributed by atoms with E-state index < -0.39 is 11.6 Å². The van der Waals surface area contributed by atoms with Crippen LogP contribution in [0.25, 0.3) is 11.6 Å². The maximum atomic E-state index is 14.1. The minimum atomic E-state index is -0.896. The molecule has 2 atom stereocenters. The first-order valence-electron chi connectivity index (χ1n) is 8.98. The quantitative estimate of drug-likeness (QED) is 0.706. The number of aromatic nitrogens is 4. The summed E-state index contributed by atoms with van der Waals surface area (Å²) in [5, 5.41) is 9.06. The molecule has 2 aromatic heterocycles. The van der Waals surface area contributed by atoms with Crippen molar-refractivity contribution in [2.45, 2.75) is 18.3 Å². The van der Waals surface area contributed by atoms with E-state index in [1.165, 1.54) is 11.0 Å². The highest BCUT2D eigenvalue weighted by molar-refractivity contribution is 5.52. The molecule has 0 saturated heterocycles. The van der Waals surface area contributed by atoms with Gasteiger partial charge in [-0.25, -0.2) is 28.7 Å². The fourth-order valence-corrected chi connectivity index (χ4v) is 3.35. The third-order valence-corrected chi connectivity index (χ3v) is 4.96. The molecule has 8 heteroatoms. The average Bonchev–Trinajstić information content (AvgIpc) is 3.52. The molecule has 3 aromatic rings. The topological polar surface area (TPSA) is 75.0 Å². The molecular formula is C20H19F2N5O. The molecule has 4 rings (SSSR count). The van der Waals surface area contributed by atoms with Crippen molar-refractivity contribution >= 4 is 5.69 Å². The molecule has 1 aromatic carbocycles. The monoisotopic (exact) mass is 383 g/mol. The van der Waals surface area contributed by atoms with E-state index in [0.29, 0.717) is 11.6 Å². The average molecular weight is 383 g/mol. The summed E-state index contributed by atoms with van der Waals surface area (Å²) in [5.41, 5.74) is 1.83. The lowest BCUT2D eigenvalue weighted by molar-refractivity contribution is 0.303. The van der Waals surface area contributed by atoms with Gasteiger partial charge in [0.25, 0.3) is 0 Å². The largest absolute Gasteiger partial charge is 0.395 e. The lowest BCUT2D eigenvalue weighted by Gasteiger charge is -2.20. The van der Waals surface area contributed by atoms with Gasteiger partial charge in [0, 0.05) is 38.4 Å². The Morgan fingerprint density at radius 2 is 1.64 bits per heavy atom. The van der Waals surface area contributed by atoms with Gasteiger partial charge in [-0.2, -0.15) is 0 Å². The van der Waals surface area contributed by atoms with Gasteiger partial charge >= 0.3 is 0 Å². The first-order valence-corrected chi connectivity index (χ1v) is 8.98. The third kappa shape index (κ3) is 3.55. The second kappa shape index (κ2) is 7.55. The lowest BCUT2D eigenvalue weighted by Crippen LogP contribution is -2.22. The lowest BCUT2D eigenvalue weighted by atomic mass is 10.0. The van der Waals surface area contributed by atoms with E-state index in [0.717, 1.165) is 17.5 Å². The van der Waals surface area contributed by atoms with Crippen LogP contribution in [0.1, 0.15) is 29.4 Å². The van der Waals surface area contributed by atoms with E-state index in [2.05, 4.69) is 19.9 Å². The SMILES string of the molecule is CN(CCO)c1cc([C@@H]2C[C@H]2c2cnc(-c3ncccn3)nc2)cc(F)c1F. The minimum absolute atomic E-state index is 0.0822. The van der Waals surface area contributed by atoms with Crippen LogP contribution in [-0.2, 0) is 0 Å². The Morgan fingerprint density at radius 3 is 2.32 bits per heavy atom. The Hall–Kier alpha value is -3.00. The van der Waals surface area contributed by atoms with Gasteiger partial charge in [-0.1, -0.05) is 0 Å². The number of likely N-dealkylation sites (N-methyl/N-ethyl adjacent to an activating group) is 1. The number of benzene rings is 1. The standard InChI is InChI=1S/C20H19F2N5O/c1-27(5-6-28)17-8-12(7-16(21)18(17)22)14-9-15(14)13-10-25-20(26-11-13)19-23-3-2-4-24-19/h2-4,7-8,10-11,14-15,28H,5-6,9H2,1H3/t14-,15-/m0/s1. The normalized spacial score (nSPS) is 18.1. The zero-order valence-electron chi connectivity index (χ0n) is 15.3. The van der Waals surface area contributed by atoms with Crippen LogP contribution < -0.4 is 4.90 Å². The van der Waals surface area contributed by atoms with Crippen molar-refractivity contribution in [3.05, 3.63) is 65.7 Å². The van der Waals surface area contributed by atoms with Crippen LogP contribution in [0.2, 0.25) is 0 Å². The Morgan fingerprint density at radius 1 is 1.00 bits per heavy atom. The van der Waals surface area contributed by atoms with Crippen molar-refractivity contribution in [1.29, 1.82) is 0 Å². The number of hydrogen-bond acceptors (Lipinski definition) is 6. The first-order chi connectivity index (χ1) is 13.6. The molecule has 1 fully saturated rings. The molecule has 0 spiro atoms. The van der Waals surface area contributed by atoms with Gasteiger partial charge in [0.1, 0.15) is 0 Å². The van der Waals surface area contributed by atoms with Crippen molar-refractivity contribution in [2.24, 2.45) is 0 Å². The molecule has 6 nitrogen and oxygen atoms in total. The van der Waals surface area contributed by atoms with Gasteiger partial charge in [-0.3, -0.25) is 0 Å². The number of rotatable bonds is 6. The molecule has 0 bridgehead atoms. The molecule has 0 unspecified atom stereocenters. The fourth-order valence-electron chi connectivity index (χ4n) is 3.35. The van der Waals surface area contributed by atoms with E-state index in [1.807, 2.05) is 0 Å². The first kappa shape index (κ1) is 18.4. The second-order valence-corrected chi connectivity index (χ2v) is 6.84. The summed E-state index contributed by atoms with van der Waals surface area (Å²) in [4.78, 5) is 18.4. The van der Waals surface area contributed by atoms with Gasteiger partial charge in [-0.05, 0) is 47.6 Å².